The van der Waals surface area contributed by atoms with E-state index in [9.17, 15) is 4.79 Å². The SMILES string of the molecule is COC(=O)C1(N2CC[C@@H](Oc3cccc(Cl)c3)C2)CCCCC1. The van der Waals surface area contributed by atoms with Crippen molar-refractivity contribution in [2.24, 2.45) is 0 Å². The first-order valence-corrected chi connectivity index (χ1v) is 8.77. The molecular formula is C18H24ClNO3. The Hall–Kier alpha value is -1.26. The number of ether oxygens (including phenoxy) is 2. The molecule has 2 fully saturated rings. The molecule has 3 rings (SSSR count). The molecule has 1 saturated heterocycles. The largest absolute Gasteiger partial charge is 0.489 e. The van der Waals surface area contributed by atoms with E-state index < -0.39 is 5.54 Å². The monoisotopic (exact) mass is 337 g/mol. The van der Waals surface area contributed by atoms with Crippen LogP contribution in [0.1, 0.15) is 38.5 Å². The molecule has 0 aromatic heterocycles. The summed E-state index contributed by atoms with van der Waals surface area (Å²) in [6, 6.07) is 7.48. The minimum Gasteiger partial charge on any atom is -0.489 e. The second-order valence-electron chi connectivity index (χ2n) is 6.52. The van der Waals surface area contributed by atoms with Crippen molar-refractivity contribution in [2.45, 2.75) is 50.2 Å². The highest BCUT2D eigenvalue weighted by Gasteiger charge is 2.48. The van der Waals surface area contributed by atoms with Crippen LogP contribution in [0, 0.1) is 0 Å². The van der Waals surface area contributed by atoms with Crippen molar-refractivity contribution in [1.82, 2.24) is 4.90 Å². The standard InChI is InChI=1S/C18H24ClNO3/c1-22-17(21)18(9-3-2-4-10-18)20-11-8-16(13-20)23-15-7-5-6-14(19)12-15/h5-7,12,16H,2-4,8-11,13H2,1H3/t16-/m1/s1. The van der Waals surface area contributed by atoms with Crippen molar-refractivity contribution in [3.05, 3.63) is 29.3 Å². The average molecular weight is 338 g/mol. The van der Waals surface area contributed by atoms with Crippen LogP contribution >= 0.6 is 11.6 Å². The van der Waals surface area contributed by atoms with Gasteiger partial charge in [0.1, 0.15) is 17.4 Å². The number of nitrogens with zero attached hydrogens (tertiary/aromatic N) is 1. The fraction of sp³-hybridized carbons (Fsp3) is 0.611. The van der Waals surface area contributed by atoms with Gasteiger partial charge < -0.3 is 9.47 Å². The van der Waals surface area contributed by atoms with Crippen LogP contribution in [0.5, 0.6) is 5.75 Å². The molecule has 2 aliphatic rings. The lowest BCUT2D eigenvalue weighted by atomic mass is 9.80. The van der Waals surface area contributed by atoms with Crippen molar-refractivity contribution < 1.29 is 14.3 Å². The van der Waals surface area contributed by atoms with E-state index in [-0.39, 0.29) is 12.1 Å². The van der Waals surface area contributed by atoms with Crippen LogP contribution in [0.3, 0.4) is 0 Å². The van der Waals surface area contributed by atoms with Gasteiger partial charge in [0.2, 0.25) is 0 Å². The van der Waals surface area contributed by atoms with Crippen molar-refractivity contribution in [3.8, 4) is 5.75 Å². The van der Waals surface area contributed by atoms with Gasteiger partial charge >= 0.3 is 5.97 Å². The van der Waals surface area contributed by atoms with Crippen LogP contribution in [0.2, 0.25) is 5.02 Å². The molecule has 126 valence electrons. The van der Waals surface area contributed by atoms with Crippen molar-refractivity contribution in [3.63, 3.8) is 0 Å². The van der Waals surface area contributed by atoms with Gasteiger partial charge in [0.05, 0.1) is 7.11 Å². The molecule has 0 unspecified atom stereocenters. The van der Waals surface area contributed by atoms with Crippen LogP contribution in [0.4, 0.5) is 0 Å². The van der Waals surface area contributed by atoms with E-state index in [4.69, 9.17) is 21.1 Å². The number of carbonyl (C=O) groups is 1. The quantitative estimate of drug-likeness (QED) is 0.786. The van der Waals surface area contributed by atoms with Crippen molar-refractivity contribution >= 4 is 17.6 Å². The molecule has 5 heteroatoms. The lowest BCUT2D eigenvalue weighted by Gasteiger charge is -2.41. The van der Waals surface area contributed by atoms with Crippen LogP contribution in [0.25, 0.3) is 0 Å². The number of benzene rings is 1. The summed E-state index contributed by atoms with van der Waals surface area (Å²) < 4.78 is 11.2. The molecule has 0 radical (unpaired) electrons. The van der Waals surface area contributed by atoms with Crippen molar-refractivity contribution in [1.29, 1.82) is 0 Å². The van der Waals surface area contributed by atoms with Crippen LogP contribution in [-0.4, -0.2) is 42.7 Å². The maximum absolute atomic E-state index is 12.5. The molecule has 23 heavy (non-hydrogen) atoms. The zero-order valence-corrected chi connectivity index (χ0v) is 14.3. The lowest BCUT2D eigenvalue weighted by molar-refractivity contribution is -0.157. The van der Waals surface area contributed by atoms with Crippen LogP contribution in [-0.2, 0) is 9.53 Å². The first-order chi connectivity index (χ1) is 11.1. The third-order valence-corrected chi connectivity index (χ3v) is 5.33. The molecule has 0 bridgehead atoms. The smallest absolute Gasteiger partial charge is 0.326 e. The zero-order valence-electron chi connectivity index (χ0n) is 13.6. The van der Waals surface area contributed by atoms with E-state index in [1.54, 1.807) is 0 Å². The molecule has 0 spiro atoms. The Labute approximate surface area is 142 Å². The average Bonchev–Trinajstić information content (AvgIpc) is 3.03. The summed E-state index contributed by atoms with van der Waals surface area (Å²) in [5, 5.41) is 0.677. The summed E-state index contributed by atoms with van der Waals surface area (Å²) in [4.78, 5) is 14.7. The summed E-state index contributed by atoms with van der Waals surface area (Å²) >= 11 is 6.01. The highest BCUT2D eigenvalue weighted by molar-refractivity contribution is 6.30. The second kappa shape index (κ2) is 7.10. The van der Waals surface area contributed by atoms with Gasteiger partial charge in [0.15, 0.2) is 0 Å². The zero-order chi connectivity index (χ0) is 16.3. The van der Waals surface area contributed by atoms with Gasteiger partial charge in [-0.15, -0.1) is 0 Å². The predicted molar refractivity (Wildman–Crippen MR) is 89.9 cm³/mol. The van der Waals surface area contributed by atoms with Gasteiger partial charge in [-0.2, -0.15) is 0 Å². The Kier molecular flexibility index (Phi) is 5.12. The highest BCUT2D eigenvalue weighted by Crippen LogP contribution is 2.37. The molecule has 1 atom stereocenters. The molecular weight excluding hydrogens is 314 g/mol. The summed E-state index contributed by atoms with van der Waals surface area (Å²) in [7, 11) is 1.49. The van der Waals surface area contributed by atoms with E-state index >= 15 is 0 Å². The number of esters is 1. The molecule has 1 aromatic rings. The maximum atomic E-state index is 12.5. The number of methoxy groups -OCH3 is 1. The fourth-order valence-corrected chi connectivity index (χ4v) is 4.10. The number of halogens is 1. The molecule has 1 aromatic carbocycles. The van der Waals surface area contributed by atoms with E-state index in [1.807, 2.05) is 24.3 Å². The van der Waals surface area contributed by atoms with E-state index in [2.05, 4.69) is 4.90 Å². The Bertz CT molecular complexity index is 557. The van der Waals surface area contributed by atoms with Gasteiger partial charge in [0.25, 0.3) is 0 Å². The minimum atomic E-state index is -0.445. The predicted octanol–water partition coefficient (Wildman–Crippen LogP) is 3.67. The summed E-state index contributed by atoms with van der Waals surface area (Å²) in [5.41, 5.74) is -0.445. The third-order valence-electron chi connectivity index (χ3n) is 5.10. The normalized spacial score (nSPS) is 24.3. The molecule has 4 nitrogen and oxygen atoms in total. The van der Waals surface area contributed by atoms with Crippen LogP contribution < -0.4 is 4.74 Å². The third kappa shape index (κ3) is 3.48. The Morgan fingerprint density at radius 2 is 2.09 bits per heavy atom. The Balaban J connectivity index is 1.68. The molecule has 1 aliphatic carbocycles. The lowest BCUT2D eigenvalue weighted by Crippen LogP contribution is -2.55. The number of rotatable bonds is 4. The highest BCUT2D eigenvalue weighted by atomic mass is 35.5. The maximum Gasteiger partial charge on any atom is 0.326 e. The first kappa shape index (κ1) is 16.6. The fourth-order valence-electron chi connectivity index (χ4n) is 3.92. The minimum absolute atomic E-state index is 0.0828. The summed E-state index contributed by atoms with van der Waals surface area (Å²) in [5.74, 6) is 0.709. The Morgan fingerprint density at radius 3 is 2.78 bits per heavy atom. The van der Waals surface area contributed by atoms with Gasteiger partial charge in [-0.1, -0.05) is 36.9 Å². The van der Waals surface area contributed by atoms with Gasteiger partial charge in [-0.25, -0.2) is 0 Å². The van der Waals surface area contributed by atoms with E-state index in [0.29, 0.717) is 5.02 Å². The molecule has 1 aliphatic heterocycles. The first-order valence-electron chi connectivity index (χ1n) is 8.40. The van der Waals surface area contributed by atoms with Crippen molar-refractivity contribution in [2.75, 3.05) is 20.2 Å². The second-order valence-corrected chi connectivity index (χ2v) is 6.95. The topological polar surface area (TPSA) is 38.8 Å². The molecule has 0 amide bonds. The molecule has 1 heterocycles. The van der Waals surface area contributed by atoms with Gasteiger partial charge in [-0.05, 0) is 37.5 Å². The summed E-state index contributed by atoms with van der Waals surface area (Å²) in [6.07, 6.45) is 6.18. The molecule has 1 saturated carbocycles. The Morgan fingerprint density at radius 1 is 1.30 bits per heavy atom. The number of hydrogen-bond acceptors (Lipinski definition) is 4. The van der Waals surface area contributed by atoms with E-state index in [0.717, 1.165) is 50.9 Å². The van der Waals surface area contributed by atoms with Gasteiger partial charge in [0, 0.05) is 18.1 Å². The molecule has 0 N–H and O–H groups in total. The number of carbonyl (C=O) groups excluding carboxylic acids is 1. The van der Waals surface area contributed by atoms with Crippen LogP contribution in [0.15, 0.2) is 24.3 Å². The van der Waals surface area contributed by atoms with Gasteiger partial charge in [-0.3, -0.25) is 9.69 Å². The number of hydrogen-bond donors (Lipinski definition) is 0. The number of likely N-dealkylation sites (tertiary alicyclic amines) is 1. The summed E-state index contributed by atoms with van der Waals surface area (Å²) in [6.45, 7) is 1.64. The van der Waals surface area contributed by atoms with E-state index in [1.165, 1.54) is 13.5 Å².